The summed E-state index contributed by atoms with van der Waals surface area (Å²) in [6.45, 7) is 6.09. The van der Waals surface area contributed by atoms with E-state index in [-0.39, 0.29) is 11.8 Å². The van der Waals surface area contributed by atoms with Crippen LogP contribution in [-0.2, 0) is 31.9 Å². The van der Waals surface area contributed by atoms with Crippen LogP contribution in [-0.4, -0.2) is 121 Å². The molecular formula is C42H56Cl2N6O10. The van der Waals surface area contributed by atoms with Gasteiger partial charge in [0.25, 0.3) is 11.8 Å². The minimum atomic E-state index is -1.26. The van der Waals surface area contributed by atoms with E-state index in [1.165, 1.54) is 77.5 Å². The molecule has 2 aromatic carbocycles. The molecule has 328 valence electrons. The Morgan fingerprint density at radius 2 is 1.07 bits per heavy atom. The lowest BCUT2D eigenvalue weighted by Crippen LogP contribution is -2.41. The number of halogens is 2. The molecule has 6 heterocycles. The fourth-order valence-electron chi connectivity index (χ4n) is 9.77. The first-order chi connectivity index (χ1) is 28.7. The Labute approximate surface area is 359 Å². The van der Waals surface area contributed by atoms with E-state index in [9.17, 15) is 19.2 Å². The van der Waals surface area contributed by atoms with Gasteiger partial charge in [-0.05, 0) is 103 Å². The second kappa shape index (κ2) is 19.6. The van der Waals surface area contributed by atoms with Crippen LogP contribution in [0.1, 0.15) is 96.1 Å². The predicted octanol–water partition coefficient (Wildman–Crippen LogP) is 4.87. The number of ether oxygens (including phenoxy) is 4. The third-order valence-electron chi connectivity index (χ3n) is 12.7. The molecule has 2 unspecified atom stereocenters. The summed E-state index contributed by atoms with van der Waals surface area (Å²) in [5.74, 6) is -1.85. The lowest BCUT2D eigenvalue weighted by atomic mass is 9.90. The number of amides is 2. The summed E-state index contributed by atoms with van der Waals surface area (Å²) in [6.07, 6.45) is 13.3. The van der Waals surface area contributed by atoms with E-state index in [1.807, 2.05) is 0 Å². The minimum absolute atomic E-state index is 0.168. The molecule has 0 radical (unpaired) electrons. The lowest BCUT2D eigenvalue weighted by Gasteiger charge is -2.32. The first-order valence-electron chi connectivity index (χ1n) is 20.5. The van der Waals surface area contributed by atoms with E-state index in [1.54, 1.807) is 26.4 Å². The van der Waals surface area contributed by atoms with Crippen LogP contribution in [0.4, 0.5) is 11.4 Å². The third kappa shape index (κ3) is 9.90. The summed E-state index contributed by atoms with van der Waals surface area (Å²) < 4.78 is 22.0. The molecule has 6 aliphatic heterocycles. The van der Waals surface area contributed by atoms with E-state index >= 15 is 0 Å². The number of methoxy groups -OCH3 is 2. The molecule has 60 heavy (non-hydrogen) atoms. The fourth-order valence-corrected chi connectivity index (χ4v) is 10.2. The van der Waals surface area contributed by atoms with Crippen molar-refractivity contribution >= 4 is 58.3 Å². The van der Waals surface area contributed by atoms with E-state index in [0.29, 0.717) is 93.2 Å². The van der Waals surface area contributed by atoms with Crippen LogP contribution in [0.25, 0.3) is 0 Å². The number of nitrogens with two attached hydrogens (primary N) is 2. The number of hydrogen-bond donors (Lipinski definition) is 6. The van der Waals surface area contributed by atoms with Crippen molar-refractivity contribution in [3.63, 3.8) is 0 Å². The second-order valence-electron chi connectivity index (χ2n) is 16.1. The number of carboxylic acids is 2. The fraction of sp³-hybridized carbons (Fsp3) is 0.571. The molecule has 2 atom stereocenters. The molecule has 2 amide bonds. The second-order valence-corrected chi connectivity index (χ2v) is 16.9. The van der Waals surface area contributed by atoms with Crippen LogP contribution in [0.15, 0.2) is 24.3 Å². The molecular weight excluding hydrogens is 819 g/mol. The largest absolute Gasteiger partial charge is 0.478 e. The molecule has 6 aliphatic rings. The first kappa shape index (κ1) is 45.2. The molecule has 4 fully saturated rings. The van der Waals surface area contributed by atoms with Crippen LogP contribution < -0.4 is 31.6 Å². The van der Waals surface area contributed by atoms with Gasteiger partial charge in [0.1, 0.15) is 11.5 Å². The van der Waals surface area contributed by atoms with Crippen LogP contribution in [0.3, 0.4) is 0 Å². The van der Waals surface area contributed by atoms with Crippen LogP contribution in [0.5, 0.6) is 11.5 Å². The Morgan fingerprint density at radius 3 is 1.38 bits per heavy atom. The minimum Gasteiger partial charge on any atom is -0.478 e. The number of hydrogen-bond acceptors (Lipinski definition) is 12. The number of nitrogens with zero attached hydrogens (tertiary/aromatic N) is 2. The highest BCUT2D eigenvalue weighted by molar-refractivity contribution is 6.34. The molecule has 0 bridgehead atoms. The molecule has 0 saturated carbocycles. The lowest BCUT2D eigenvalue weighted by molar-refractivity contribution is -0.134. The van der Waals surface area contributed by atoms with Crippen molar-refractivity contribution in [1.82, 2.24) is 20.4 Å². The Kier molecular flexibility index (Phi) is 14.8. The Balaban J connectivity index is 0.000000171. The number of carbonyl (C=O) groups excluding carboxylic acids is 2. The Hall–Kier alpha value is -4.32. The van der Waals surface area contributed by atoms with Gasteiger partial charge in [-0.2, -0.15) is 0 Å². The standard InChI is InChI=1S/2C19H26ClN3O3.C4H4O4/c2*1-25-15-11-12-16(21)14(20)10-13(17(12)26-15)18(24)22-7-6-19-4-2-8-23(19)9-3-5-19;5-3(6)1-2-4(7)8/h2*10,15H,2-9,11,21H2,1H3,(H,22,24);1-2H,(H,5,6)(H,7,8)/b;;2-1+. The maximum absolute atomic E-state index is 12.8. The van der Waals surface area contributed by atoms with E-state index in [0.717, 1.165) is 24.0 Å². The van der Waals surface area contributed by atoms with E-state index in [4.69, 9.17) is 63.8 Å². The highest BCUT2D eigenvalue weighted by atomic mass is 35.5. The summed E-state index contributed by atoms with van der Waals surface area (Å²) in [7, 11) is 3.14. The van der Waals surface area contributed by atoms with Gasteiger partial charge in [-0.1, -0.05) is 23.2 Å². The molecule has 16 nitrogen and oxygen atoms in total. The van der Waals surface area contributed by atoms with Crippen molar-refractivity contribution in [3.05, 3.63) is 56.6 Å². The number of aliphatic carboxylic acids is 2. The Morgan fingerprint density at radius 1 is 0.717 bits per heavy atom. The number of anilines is 2. The van der Waals surface area contributed by atoms with Gasteiger partial charge in [-0.25, -0.2) is 9.59 Å². The van der Waals surface area contributed by atoms with Gasteiger partial charge in [0, 0.05) is 74.5 Å². The number of carbonyl (C=O) groups is 4. The van der Waals surface area contributed by atoms with Crippen LogP contribution in [0.2, 0.25) is 10.0 Å². The van der Waals surface area contributed by atoms with Crippen molar-refractivity contribution in [2.24, 2.45) is 0 Å². The summed E-state index contributed by atoms with van der Waals surface area (Å²) in [5.41, 5.74) is 16.0. The normalized spacial score (nSPS) is 21.7. The number of fused-ring (bicyclic) bond motifs is 4. The SMILES string of the molecule is COC1Cc2c(N)c(Cl)cc(C(=O)NCCC34CCCN3CCC4)c2O1.COC1Cc2c(N)c(Cl)cc(C(=O)NCCC34CCCN3CCC4)c2O1.O=C(O)/C=C/C(=O)O. The van der Waals surface area contributed by atoms with Gasteiger partial charge < -0.3 is 51.3 Å². The smallest absolute Gasteiger partial charge is 0.328 e. The van der Waals surface area contributed by atoms with E-state index < -0.39 is 24.5 Å². The number of benzene rings is 2. The zero-order valence-corrected chi connectivity index (χ0v) is 35.7. The van der Waals surface area contributed by atoms with Gasteiger partial charge in [-0.3, -0.25) is 19.4 Å². The van der Waals surface area contributed by atoms with Gasteiger partial charge in [0.15, 0.2) is 0 Å². The monoisotopic (exact) mass is 874 g/mol. The molecule has 8 rings (SSSR count). The highest BCUT2D eigenvalue weighted by Crippen LogP contribution is 2.44. The van der Waals surface area contributed by atoms with Gasteiger partial charge in [-0.15, -0.1) is 0 Å². The zero-order valence-electron chi connectivity index (χ0n) is 34.2. The first-order valence-corrected chi connectivity index (χ1v) is 21.3. The van der Waals surface area contributed by atoms with Gasteiger partial charge in [0.2, 0.25) is 12.6 Å². The molecule has 18 heteroatoms. The maximum atomic E-state index is 12.8. The average Bonchev–Trinajstić information content (AvgIpc) is 4.07. The summed E-state index contributed by atoms with van der Waals surface area (Å²) in [6, 6.07) is 3.19. The van der Waals surface area contributed by atoms with Gasteiger partial charge >= 0.3 is 11.9 Å². The van der Waals surface area contributed by atoms with Crippen molar-refractivity contribution in [3.8, 4) is 11.5 Å². The van der Waals surface area contributed by atoms with Crippen LogP contribution in [0, 0.1) is 0 Å². The molecule has 0 aliphatic carbocycles. The quantitative estimate of drug-likeness (QED) is 0.124. The summed E-state index contributed by atoms with van der Waals surface area (Å²) >= 11 is 12.5. The van der Waals surface area contributed by atoms with Crippen molar-refractivity contribution < 1.29 is 48.3 Å². The number of carboxylic acid groups (broad SMARTS) is 2. The van der Waals surface area contributed by atoms with Gasteiger partial charge in [0.05, 0.1) is 32.5 Å². The summed E-state index contributed by atoms with van der Waals surface area (Å²) in [5, 5.41) is 22.5. The molecule has 0 spiro atoms. The zero-order chi connectivity index (χ0) is 43.2. The van der Waals surface area contributed by atoms with Crippen molar-refractivity contribution in [2.75, 3.05) is 65.0 Å². The molecule has 8 N–H and O–H groups in total. The summed E-state index contributed by atoms with van der Waals surface area (Å²) in [4.78, 5) is 49.9. The number of rotatable bonds is 12. The molecule has 4 saturated heterocycles. The molecule has 2 aromatic rings. The topological polar surface area (TPSA) is 228 Å². The molecule has 0 aromatic heterocycles. The van der Waals surface area contributed by atoms with Crippen molar-refractivity contribution in [1.29, 1.82) is 0 Å². The van der Waals surface area contributed by atoms with Crippen molar-refractivity contribution in [2.45, 2.75) is 101 Å². The third-order valence-corrected chi connectivity index (χ3v) is 13.4. The maximum Gasteiger partial charge on any atom is 0.328 e. The number of nitrogen functional groups attached to an aromatic ring is 2. The highest BCUT2D eigenvalue weighted by Gasteiger charge is 2.45. The average molecular weight is 876 g/mol. The van der Waals surface area contributed by atoms with E-state index in [2.05, 4.69) is 20.4 Å². The number of nitrogens with one attached hydrogen (secondary N) is 2. The Bertz CT molecular complexity index is 1820. The van der Waals surface area contributed by atoms with Crippen LogP contribution >= 0.6 is 23.2 Å². The predicted molar refractivity (Wildman–Crippen MR) is 226 cm³/mol.